The SMILES string of the molecule is CS(=O)(=O)Nc1ccc2c(c1)S(=O)(=O)N=C(C1=C(O)[C@H]3[C@H]([C@@H]4CC(O)[C@H]3C4)N(Cc3ccc(F)cc3)C1=O)N2. The largest absolute Gasteiger partial charge is 0.511 e. The number of amides is 1. The van der Waals surface area contributed by atoms with Crippen molar-refractivity contribution >= 4 is 43.2 Å². The second kappa shape index (κ2) is 8.76. The lowest BCUT2D eigenvalue weighted by molar-refractivity contribution is -0.135. The Hall–Kier alpha value is -3.49. The van der Waals surface area contributed by atoms with E-state index in [2.05, 4.69) is 14.4 Å². The maximum Gasteiger partial charge on any atom is 0.286 e. The van der Waals surface area contributed by atoms with Gasteiger partial charge in [-0.1, -0.05) is 12.1 Å². The second-order valence-corrected chi connectivity index (χ2v) is 13.7. The van der Waals surface area contributed by atoms with Gasteiger partial charge in [0.1, 0.15) is 22.0 Å². The molecule has 4 aliphatic rings. The summed E-state index contributed by atoms with van der Waals surface area (Å²) in [6.07, 6.45) is 1.33. The van der Waals surface area contributed by atoms with Gasteiger partial charge < -0.3 is 20.4 Å². The third-order valence-corrected chi connectivity index (χ3v) is 9.79. The molecule has 6 rings (SSSR count). The summed E-state index contributed by atoms with van der Waals surface area (Å²) in [5, 5.41) is 24.8. The molecule has 0 saturated heterocycles. The number of benzene rings is 2. The molecule has 14 heteroatoms. The van der Waals surface area contributed by atoms with Gasteiger partial charge in [-0.05, 0) is 60.6 Å². The number of aliphatic hydroxyl groups excluding tert-OH is 2. The Bertz CT molecular complexity index is 1670. The number of carbonyl (C=O) groups excluding carboxylic acids is 1. The van der Waals surface area contributed by atoms with Gasteiger partial charge in [-0.25, -0.2) is 12.8 Å². The standard InChI is InChI=1S/C25H25FN4O7S2/c1-38(34,35)28-15-6-7-17-19(10-15)39(36,37)29-24(27-17)21-23(32)20-16-8-13(9-18(16)31)22(20)30(25(21)33)11-12-2-4-14(26)5-3-12/h2-7,10,13,16,18,20,22,28,31-32H,8-9,11H2,1H3,(H,27,29)/t13-,16+,18?,20+,22-/m0/s1. The van der Waals surface area contributed by atoms with Crippen molar-refractivity contribution in [1.29, 1.82) is 0 Å². The lowest BCUT2D eigenvalue weighted by Crippen LogP contribution is -2.55. The van der Waals surface area contributed by atoms with Gasteiger partial charge in [0, 0.05) is 24.2 Å². The molecule has 2 fully saturated rings. The van der Waals surface area contributed by atoms with Gasteiger partial charge >= 0.3 is 0 Å². The van der Waals surface area contributed by atoms with E-state index >= 15 is 0 Å². The Morgan fingerprint density at radius 3 is 2.59 bits per heavy atom. The fraction of sp³-hybridized carbons (Fsp3) is 0.360. The normalized spacial score (nSPS) is 29.0. The van der Waals surface area contributed by atoms with Crippen LogP contribution in [0, 0.1) is 23.6 Å². The zero-order valence-corrected chi connectivity index (χ0v) is 22.2. The topological polar surface area (TPSA) is 165 Å². The molecule has 1 amide bonds. The molecule has 2 saturated carbocycles. The van der Waals surface area contributed by atoms with E-state index in [9.17, 15) is 36.2 Å². The van der Waals surface area contributed by atoms with E-state index < -0.39 is 49.8 Å². The zero-order chi connectivity index (χ0) is 27.9. The van der Waals surface area contributed by atoms with Crippen LogP contribution in [-0.4, -0.2) is 62.1 Å². The van der Waals surface area contributed by atoms with E-state index in [0.717, 1.165) is 12.3 Å². The minimum atomic E-state index is -4.41. The molecule has 2 aromatic rings. The summed E-state index contributed by atoms with van der Waals surface area (Å²) in [6, 6.07) is 9.04. The summed E-state index contributed by atoms with van der Waals surface area (Å²) in [7, 11) is -8.07. The predicted molar refractivity (Wildman–Crippen MR) is 139 cm³/mol. The fourth-order valence-electron chi connectivity index (χ4n) is 6.40. The molecule has 2 aliphatic heterocycles. The van der Waals surface area contributed by atoms with Crippen molar-refractivity contribution in [2.24, 2.45) is 22.2 Å². The summed E-state index contributed by atoms with van der Waals surface area (Å²) < 4.78 is 69.0. The minimum Gasteiger partial charge on any atom is -0.511 e. The van der Waals surface area contributed by atoms with Crippen molar-refractivity contribution in [3.05, 3.63) is 65.2 Å². The maximum atomic E-state index is 13.9. The lowest BCUT2D eigenvalue weighted by atomic mass is 9.76. The van der Waals surface area contributed by atoms with Crippen molar-refractivity contribution in [3.63, 3.8) is 0 Å². The summed E-state index contributed by atoms with van der Waals surface area (Å²) in [5.41, 5.74) is 0.397. The monoisotopic (exact) mass is 576 g/mol. The smallest absolute Gasteiger partial charge is 0.286 e. The molecule has 2 aromatic carbocycles. The first-order chi connectivity index (χ1) is 18.3. The molecule has 2 aliphatic carbocycles. The molecule has 0 radical (unpaired) electrons. The molecule has 2 heterocycles. The second-order valence-electron chi connectivity index (χ2n) is 10.4. The number of nitrogens with zero attached hydrogens (tertiary/aromatic N) is 2. The molecule has 0 aromatic heterocycles. The third-order valence-electron chi connectivity index (χ3n) is 7.86. The van der Waals surface area contributed by atoms with Crippen LogP contribution >= 0.6 is 0 Å². The van der Waals surface area contributed by atoms with E-state index in [4.69, 9.17) is 0 Å². The Labute approximate surface area is 224 Å². The van der Waals surface area contributed by atoms with Crippen LogP contribution in [0.3, 0.4) is 0 Å². The summed E-state index contributed by atoms with van der Waals surface area (Å²) in [5.74, 6) is -2.77. The quantitative estimate of drug-likeness (QED) is 0.419. The number of carbonyl (C=O) groups is 1. The number of amidine groups is 1. The van der Waals surface area contributed by atoms with Gasteiger partial charge in [-0.3, -0.25) is 9.52 Å². The van der Waals surface area contributed by atoms with E-state index in [1.54, 1.807) is 17.0 Å². The van der Waals surface area contributed by atoms with Crippen molar-refractivity contribution < 1.29 is 36.2 Å². The van der Waals surface area contributed by atoms with Crippen LogP contribution in [0.1, 0.15) is 18.4 Å². The average Bonchev–Trinajstić information content (AvgIpc) is 3.40. The van der Waals surface area contributed by atoms with Gasteiger partial charge in [0.15, 0.2) is 5.84 Å². The van der Waals surface area contributed by atoms with Crippen LogP contribution in [0.2, 0.25) is 0 Å². The van der Waals surface area contributed by atoms with E-state index in [0.29, 0.717) is 18.4 Å². The summed E-state index contributed by atoms with van der Waals surface area (Å²) in [4.78, 5) is 15.2. The molecule has 2 bridgehead atoms. The highest BCUT2D eigenvalue weighted by Crippen LogP contribution is 2.55. The number of fused-ring (bicyclic) bond motifs is 6. The molecule has 39 heavy (non-hydrogen) atoms. The molecule has 0 spiro atoms. The Morgan fingerprint density at radius 1 is 1.18 bits per heavy atom. The maximum absolute atomic E-state index is 13.9. The Balaban J connectivity index is 1.42. The zero-order valence-electron chi connectivity index (χ0n) is 20.6. The van der Waals surface area contributed by atoms with E-state index in [-0.39, 0.29) is 51.8 Å². The molecular weight excluding hydrogens is 551 g/mol. The highest BCUT2D eigenvalue weighted by molar-refractivity contribution is 7.92. The van der Waals surface area contributed by atoms with Crippen LogP contribution in [0.5, 0.6) is 0 Å². The summed E-state index contributed by atoms with van der Waals surface area (Å²) >= 11 is 0. The van der Waals surface area contributed by atoms with Gasteiger partial charge in [0.25, 0.3) is 15.9 Å². The number of hydrogen-bond donors (Lipinski definition) is 4. The van der Waals surface area contributed by atoms with Crippen molar-refractivity contribution in [2.75, 3.05) is 16.3 Å². The highest BCUT2D eigenvalue weighted by atomic mass is 32.2. The summed E-state index contributed by atoms with van der Waals surface area (Å²) in [6.45, 7) is 0.0908. The molecule has 4 N–H and O–H groups in total. The van der Waals surface area contributed by atoms with Crippen molar-refractivity contribution in [3.8, 4) is 0 Å². The Kier molecular flexibility index (Phi) is 5.79. The van der Waals surface area contributed by atoms with Gasteiger partial charge in [-0.15, -0.1) is 4.40 Å². The van der Waals surface area contributed by atoms with Crippen LogP contribution in [0.25, 0.3) is 0 Å². The van der Waals surface area contributed by atoms with E-state index in [1.165, 1.54) is 24.3 Å². The number of nitrogens with one attached hydrogen (secondary N) is 2. The molecular formula is C25H25FN4O7S2. The van der Waals surface area contributed by atoms with Crippen LogP contribution in [0.4, 0.5) is 15.8 Å². The highest BCUT2D eigenvalue weighted by Gasteiger charge is 2.60. The van der Waals surface area contributed by atoms with Crippen LogP contribution in [-0.2, 0) is 31.4 Å². The van der Waals surface area contributed by atoms with Crippen LogP contribution in [0.15, 0.2) is 63.1 Å². The molecule has 1 unspecified atom stereocenters. The number of aliphatic hydroxyl groups is 2. The molecule has 11 nitrogen and oxygen atoms in total. The number of anilines is 2. The lowest BCUT2D eigenvalue weighted by Gasteiger charge is -2.45. The first-order valence-electron chi connectivity index (χ1n) is 12.2. The molecule has 206 valence electrons. The van der Waals surface area contributed by atoms with Crippen molar-refractivity contribution in [1.82, 2.24) is 4.90 Å². The predicted octanol–water partition coefficient (Wildman–Crippen LogP) is 1.95. The molecule has 5 atom stereocenters. The van der Waals surface area contributed by atoms with Gasteiger partial charge in [0.05, 0.1) is 18.0 Å². The Morgan fingerprint density at radius 2 is 1.90 bits per heavy atom. The van der Waals surface area contributed by atoms with Crippen LogP contribution < -0.4 is 10.0 Å². The number of sulfonamides is 2. The number of halogens is 1. The first-order valence-corrected chi connectivity index (χ1v) is 15.6. The van der Waals surface area contributed by atoms with Gasteiger partial charge in [0.2, 0.25) is 10.0 Å². The van der Waals surface area contributed by atoms with E-state index in [1.807, 2.05) is 0 Å². The fourth-order valence-corrected chi connectivity index (χ4v) is 8.10. The average molecular weight is 577 g/mol. The number of hydrogen-bond acceptors (Lipinski definition) is 8. The van der Waals surface area contributed by atoms with Gasteiger partial charge in [-0.2, -0.15) is 8.42 Å². The minimum absolute atomic E-state index is 0.0142. The first kappa shape index (κ1) is 25.8. The number of rotatable bonds is 5. The van der Waals surface area contributed by atoms with Crippen molar-refractivity contribution in [2.45, 2.75) is 36.4 Å². The third kappa shape index (κ3) is 4.36.